The van der Waals surface area contributed by atoms with E-state index in [-0.39, 0.29) is 11.3 Å². The first-order chi connectivity index (χ1) is 10.8. The molecule has 1 aromatic carbocycles. The third kappa shape index (κ3) is 4.03. The third-order valence-electron chi connectivity index (χ3n) is 3.66. The van der Waals surface area contributed by atoms with Gasteiger partial charge in [-0.05, 0) is 31.5 Å². The Morgan fingerprint density at radius 1 is 1.35 bits per heavy atom. The fraction of sp³-hybridized carbons (Fsp3) is 0.375. The van der Waals surface area contributed by atoms with Crippen molar-refractivity contribution in [3.05, 3.63) is 47.5 Å². The molecule has 0 aliphatic heterocycles. The second kappa shape index (κ2) is 6.73. The molecule has 0 atom stereocenters. The van der Waals surface area contributed by atoms with Crippen molar-refractivity contribution in [2.45, 2.75) is 26.1 Å². The first-order valence-electron chi connectivity index (χ1n) is 7.13. The van der Waals surface area contributed by atoms with Gasteiger partial charge < -0.3 is 9.47 Å². The van der Waals surface area contributed by atoms with E-state index in [0.717, 1.165) is 11.9 Å². The van der Waals surface area contributed by atoms with Crippen LogP contribution in [0, 0.1) is 18.3 Å². The zero-order valence-corrected chi connectivity index (χ0v) is 12.9. The fourth-order valence-corrected chi connectivity index (χ4v) is 2.40. The summed E-state index contributed by atoms with van der Waals surface area (Å²) in [7, 11) is 1.62. The third-order valence-corrected chi connectivity index (χ3v) is 3.66. The second-order valence-electron chi connectivity index (χ2n) is 5.28. The highest BCUT2D eigenvalue weighted by Crippen LogP contribution is 2.36. The van der Waals surface area contributed by atoms with Crippen molar-refractivity contribution < 1.29 is 13.2 Å². The molecule has 1 aromatic heterocycles. The molecule has 1 heterocycles. The van der Waals surface area contributed by atoms with Crippen molar-refractivity contribution in [2.24, 2.45) is 0 Å². The summed E-state index contributed by atoms with van der Waals surface area (Å²) in [5, 5.41) is 8.79. The Morgan fingerprint density at radius 2 is 2.09 bits per heavy atom. The normalized spacial score (nSPS) is 11.3. The van der Waals surface area contributed by atoms with Crippen molar-refractivity contribution in [3.63, 3.8) is 0 Å². The van der Waals surface area contributed by atoms with Gasteiger partial charge >= 0.3 is 6.18 Å². The average Bonchev–Trinajstić information content (AvgIpc) is 2.91. The molecule has 7 heteroatoms. The van der Waals surface area contributed by atoms with Crippen molar-refractivity contribution >= 4 is 5.69 Å². The number of nitrogens with zero attached hydrogens (tertiary/aromatic N) is 4. The number of imidazole rings is 1. The Hall–Kier alpha value is -2.49. The summed E-state index contributed by atoms with van der Waals surface area (Å²) in [6.45, 7) is 3.03. The number of nitriles is 1. The lowest BCUT2D eigenvalue weighted by Gasteiger charge is -2.24. The minimum atomic E-state index is -4.49. The maximum atomic E-state index is 13.2. The van der Waals surface area contributed by atoms with Gasteiger partial charge in [0.2, 0.25) is 0 Å². The Labute approximate surface area is 132 Å². The van der Waals surface area contributed by atoms with E-state index in [1.165, 1.54) is 12.1 Å². The van der Waals surface area contributed by atoms with Gasteiger partial charge in [0.05, 0.1) is 17.2 Å². The van der Waals surface area contributed by atoms with E-state index in [0.29, 0.717) is 19.5 Å². The van der Waals surface area contributed by atoms with Crippen LogP contribution in [-0.4, -0.2) is 23.1 Å². The van der Waals surface area contributed by atoms with Gasteiger partial charge in [0.15, 0.2) is 0 Å². The van der Waals surface area contributed by atoms with Crippen molar-refractivity contribution in [3.8, 4) is 6.07 Å². The molecule has 0 unspecified atom stereocenters. The predicted molar refractivity (Wildman–Crippen MR) is 81.0 cm³/mol. The number of aromatic nitrogens is 2. The van der Waals surface area contributed by atoms with Crippen LogP contribution in [-0.2, 0) is 12.7 Å². The van der Waals surface area contributed by atoms with E-state index in [4.69, 9.17) is 5.26 Å². The number of anilines is 1. The molecule has 4 nitrogen and oxygen atoms in total. The Bertz CT molecular complexity index is 713. The van der Waals surface area contributed by atoms with Gasteiger partial charge in [-0.2, -0.15) is 18.4 Å². The van der Waals surface area contributed by atoms with Crippen LogP contribution in [0.25, 0.3) is 0 Å². The number of benzene rings is 1. The molecular weight excluding hydrogens is 305 g/mol. The minimum Gasteiger partial charge on any atom is -0.374 e. The summed E-state index contributed by atoms with van der Waals surface area (Å²) in [6.07, 6.45) is -0.262. The molecule has 0 radical (unpaired) electrons. The average molecular weight is 322 g/mol. The lowest BCUT2D eigenvalue weighted by molar-refractivity contribution is -0.137. The van der Waals surface area contributed by atoms with Crippen LogP contribution in [0.4, 0.5) is 18.9 Å². The highest BCUT2D eigenvalue weighted by atomic mass is 19.4. The summed E-state index contributed by atoms with van der Waals surface area (Å²) in [6, 6.07) is 5.39. The van der Waals surface area contributed by atoms with Crippen LogP contribution in [0.15, 0.2) is 30.6 Å². The molecule has 0 fully saturated rings. The molecule has 0 N–H and O–H groups in total. The summed E-state index contributed by atoms with van der Waals surface area (Å²) in [5.41, 5.74) is -0.694. The summed E-state index contributed by atoms with van der Waals surface area (Å²) < 4.78 is 41.5. The maximum Gasteiger partial charge on any atom is 0.418 e. The molecule has 0 bridgehead atoms. The first-order valence-corrected chi connectivity index (χ1v) is 7.13. The van der Waals surface area contributed by atoms with E-state index in [1.807, 2.05) is 17.7 Å². The van der Waals surface area contributed by atoms with Crippen molar-refractivity contribution in [2.75, 3.05) is 18.5 Å². The predicted octanol–water partition coefficient (Wildman–Crippen LogP) is 3.61. The zero-order valence-electron chi connectivity index (χ0n) is 12.9. The maximum absolute atomic E-state index is 13.2. The van der Waals surface area contributed by atoms with Gasteiger partial charge in [-0.3, -0.25) is 0 Å². The van der Waals surface area contributed by atoms with Crippen molar-refractivity contribution in [1.29, 1.82) is 5.26 Å². The van der Waals surface area contributed by atoms with Gasteiger partial charge in [0.1, 0.15) is 5.82 Å². The molecule has 0 aliphatic rings. The molecule has 0 saturated heterocycles. The highest BCUT2D eigenvalue weighted by Gasteiger charge is 2.34. The van der Waals surface area contributed by atoms with Crippen LogP contribution in [0.3, 0.4) is 0 Å². The van der Waals surface area contributed by atoms with Gasteiger partial charge in [-0.25, -0.2) is 4.98 Å². The number of halogens is 3. The topological polar surface area (TPSA) is 44.9 Å². The number of rotatable bonds is 5. The second-order valence-corrected chi connectivity index (χ2v) is 5.28. The molecule has 122 valence electrons. The minimum absolute atomic E-state index is 0.00325. The van der Waals surface area contributed by atoms with E-state index >= 15 is 0 Å². The van der Waals surface area contributed by atoms with Crippen molar-refractivity contribution in [1.82, 2.24) is 9.55 Å². The molecule has 23 heavy (non-hydrogen) atoms. The number of alkyl halides is 3. The lowest BCUT2D eigenvalue weighted by atomic mass is 10.1. The monoisotopic (exact) mass is 322 g/mol. The largest absolute Gasteiger partial charge is 0.418 e. The molecular formula is C16H17F3N4. The number of hydrogen-bond acceptors (Lipinski definition) is 3. The standard InChI is InChI=1S/C16H17F3N4/c1-12-21-6-9-23(12)8-3-7-22(2)15-5-4-13(11-20)10-14(15)16(17,18)19/h4-6,9-10H,3,7-8H2,1-2H3. The van der Waals surface area contributed by atoms with Crippen LogP contribution in [0.5, 0.6) is 0 Å². The van der Waals surface area contributed by atoms with E-state index in [9.17, 15) is 13.2 Å². The van der Waals surface area contributed by atoms with Gasteiger partial charge in [-0.1, -0.05) is 0 Å². The summed E-state index contributed by atoms with van der Waals surface area (Å²) >= 11 is 0. The molecule has 2 rings (SSSR count). The van der Waals surface area contributed by atoms with Crippen LogP contribution in [0.1, 0.15) is 23.4 Å². The summed E-state index contributed by atoms with van der Waals surface area (Å²) in [5.74, 6) is 0.877. The van der Waals surface area contributed by atoms with E-state index < -0.39 is 11.7 Å². The summed E-state index contributed by atoms with van der Waals surface area (Å²) in [4.78, 5) is 5.67. The Morgan fingerprint density at radius 3 is 2.65 bits per heavy atom. The van der Waals surface area contributed by atoms with Crippen LogP contribution in [0.2, 0.25) is 0 Å². The molecule has 2 aromatic rings. The van der Waals surface area contributed by atoms with Gasteiger partial charge in [-0.15, -0.1) is 0 Å². The number of hydrogen-bond donors (Lipinski definition) is 0. The Kier molecular flexibility index (Phi) is 4.94. The Balaban J connectivity index is 2.11. The molecule has 0 spiro atoms. The molecule has 0 saturated carbocycles. The zero-order chi connectivity index (χ0) is 17.0. The van der Waals surface area contributed by atoms with Gasteiger partial charge in [0.25, 0.3) is 0 Å². The van der Waals surface area contributed by atoms with Crippen LogP contribution >= 0.6 is 0 Å². The van der Waals surface area contributed by atoms with E-state index in [2.05, 4.69) is 4.98 Å². The van der Waals surface area contributed by atoms with E-state index in [1.54, 1.807) is 24.2 Å². The first kappa shape index (κ1) is 16.9. The number of aryl methyl sites for hydroxylation is 2. The lowest BCUT2D eigenvalue weighted by Crippen LogP contribution is -2.23. The van der Waals surface area contributed by atoms with Crippen LogP contribution < -0.4 is 4.90 Å². The molecule has 0 aliphatic carbocycles. The highest BCUT2D eigenvalue weighted by molar-refractivity contribution is 5.57. The fourth-order valence-electron chi connectivity index (χ4n) is 2.40. The van der Waals surface area contributed by atoms with Gasteiger partial charge in [0, 0.05) is 38.2 Å². The smallest absolute Gasteiger partial charge is 0.374 e. The molecule has 0 amide bonds. The SMILES string of the molecule is Cc1nccn1CCCN(C)c1ccc(C#N)cc1C(F)(F)F. The quantitative estimate of drug-likeness (QED) is 0.845.